The van der Waals surface area contributed by atoms with Crippen LogP contribution in [0.1, 0.15) is 142 Å². The van der Waals surface area contributed by atoms with Crippen molar-refractivity contribution < 1.29 is 23.1 Å². The number of hydrogen-bond donors (Lipinski definition) is 0. The maximum absolute atomic E-state index is 13.7. The Bertz CT molecular complexity index is 1360. The minimum absolute atomic E-state index is 0.0120. The fraction of sp³-hybridized carbons (Fsp3) is 0.795. The third-order valence-electron chi connectivity index (χ3n) is 13.1. The Morgan fingerprint density at radius 3 is 2.02 bits per heavy atom. The number of fused-ring (bicyclic) bond motifs is 1. The molecule has 2 fully saturated rings. The zero-order valence-electron chi connectivity index (χ0n) is 36.4. The van der Waals surface area contributed by atoms with Crippen LogP contribution >= 0.6 is 0 Å². The number of carbonyl (C=O) groups excluding carboxylic acids is 1. The second-order valence-corrected chi connectivity index (χ2v) is 31.0. The Kier molecular flexibility index (Phi) is 13.1. The third-order valence-corrected chi connectivity index (χ3v) is 22.1. The van der Waals surface area contributed by atoms with Crippen LogP contribution in [-0.4, -0.2) is 47.2 Å². The van der Waals surface area contributed by atoms with Crippen molar-refractivity contribution >= 4 is 22.6 Å². The van der Waals surface area contributed by atoms with Gasteiger partial charge >= 0.3 is 5.97 Å². The molecule has 7 heteroatoms. The van der Waals surface area contributed by atoms with Gasteiger partial charge in [-0.25, -0.2) is 4.79 Å². The van der Waals surface area contributed by atoms with E-state index in [0.29, 0.717) is 18.8 Å². The number of carbonyl (C=O) groups is 1. The van der Waals surface area contributed by atoms with E-state index in [2.05, 4.69) is 141 Å². The summed E-state index contributed by atoms with van der Waals surface area (Å²) >= 11 is 0. The maximum atomic E-state index is 13.7. The molecule has 3 aliphatic carbocycles. The van der Waals surface area contributed by atoms with Gasteiger partial charge in [-0.3, -0.25) is 0 Å². The monoisotopic (exact) mass is 743 g/mol. The topological polar surface area (TPSA) is 54.0 Å². The minimum Gasteiger partial charge on any atom is -0.460 e. The van der Waals surface area contributed by atoms with Crippen molar-refractivity contribution in [1.29, 1.82) is 0 Å². The number of ether oxygens (including phenoxy) is 2. The molecule has 0 spiro atoms. The van der Waals surface area contributed by atoms with Crippen LogP contribution in [0.2, 0.25) is 36.3 Å². The Morgan fingerprint density at radius 2 is 1.51 bits per heavy atom. The highest BCUT2D eigenvalue weighted by molar-refractivity contribution is 6.74. The van der Waals surface area contributed by atoms with E-state index in [1.807, 2.05) is 0 Å². The summed E-state index contributed by atoms with van der Waals surface area (Å²) in [6.07, 6.45) is 13.5. The van der Waals surface area contributed by atoms with Crippen molar-refractivity contribution in [2.24, 2.45) is 22.2 Å². The summed E-state index contributed by atoms with van der Waals surface area (Å²) in [6, 6.07) is 0. The standard InChI is InChI=1S/C44H78O5Si2/c1-20-34-25-26-35-32(22-21-27-43(34,35)15)23-24-33-28-44(49-51(18,19)42(12,13)14,29-36(31(33)2)48-50(16,17)41(9,10)11)46-30-37(45)47-38(39(3,4)5)40(6,7)8/h23-25,35-36,38H,2,20-22,26-30H2,1,3-19H3/t35-,36?,43+,44-/m0/s1. The minimum atomic E-state index is -2.40. The molecule has 0 aromatic rings. The van der Waals surface area contributed by atoms with Gasteiger partial charge in [0.15, 0.2) is 22.4 Å². The second kappa shape index (κ2) is 15.1. The van der Waals surface area contributed by atoms with Gasteiger partial charge in [0.05, 0.1) is 6.10 Å². The molecule has 0 heterocycles. The van der Waals surface area contributed by atoms with Crippen LogP contribution in [0.15, 0.2) is 47.1 Å². The first-order valence-corrected chi connectivity index (χ1v) is 25.7. The van der Waals surface area contributed by atoms with Gasteiger partial charge in [0.1, 0.15) is 12.7 Å². The van der Waals surface area contributed by atoms with Crippen molar-refractivity contribution in [3.05, 3.63) is 47.1 Å². The number of hydrogen-bond acceptors (Lipinski definition) is 5. The Labute approximate surface area is 316 Å². The summed E-state index contributed by atoms with van der Waals surface area (Å²) in [4.78, 5) is 13.7. The second-order valence-electron chi connectivity index (χ2n) is 21.5. The molecular formula is C44H78O5Si2. The molecule has 0 aromatic carbocycles. The summed E-state index contributed by atoms with van der Waals surface area (Å²) in [5.41, 5.74) is 5.07. The Morgan fingerprint density at radius 1 is 0.941 bits per heavy atom. The van der Waals surface area contributed by atoms with Crippen LogP contribution in [0.4, 0.5) is 0 Å². The van der Waals surface area contributed by atoms with E-state index in [9.17, 15) is 4.79 Å². The van der Waals surface area contributed by atoms with E-state index >= 15 is 0 Å². The molecule has 0 radical (unpaired) electrons. The quantitative estimate of drug-likeness (QED) is 0.0965. The molecule has 292 valence electrons. The van der Waals surface area contributed by atoms with Gasteiger partial charge in [-0.1, -0.05) is 133 Å². The van der Waals surface area contributed by atoms with E-state index in [0.717, 1.165) is 30.4 Å². The third kappa shape index (κ3) is 10.1. The zero-order valence-corrected chi connectivity index (χ0v) is 38.4. The zero-order chi connectivity index (χ0) is 39.2. The van der Waals surface area contributed by atoms with Gasteiger partial charge in [-0.15, -0.1) is 0 Å². The molecule has 0 N–H and O–H groups in total. The van der Waals surface area contributed by atoms with Crippen molar-refractivity contribution in [3.8, 4) is 0 Å². The van der Waals surface area contributed by atoms with Gasteiger partial charge in [-0.2, -0.15) is 0 Å². The van der Waals surface area contributed by atoms with E-state index < -0.39 is 22.4 Å². The maximum Gasteiger partial charge on any atom is 0.332 e. The van der Waals surface area contributed by atoms with Crippen LogP contribution in [-0.2, 0) is 23.1 Å². The first-order valence-electron chi connectivity index (χ1n) is 19.9. The molecule has 0 aliphatic heterocycles. The van der Waals surface area contributed by atoms with Crippen LogP contribution < -0.4 is 0 Å². The fourth-order valence-electron chi connectivity index (χ4n) is 8.41. The lowest BCUT2D eigenvalue weighted by Crippen LogP contribution is -2.56. The molecule has 5 nitrogen and oxygen atoms in total. The summed E-state index contributed by atoms with van der Waals surface area (Å²) in [6.45, 7) is 44.8. The summed E-state index contributed by atoms with van der Waals surface area (Å²) < 4.78 is 27.7. The molecular weight excluding hydrogens is 665 g/mol. The van der Waals surface area contributed by atoms with Gasteiger partial charge in [0.2, 0.25) is 0 Å². The first kappa shape index (κ1) is 44.1. The van der Waals surface area contributed by atoms with E-state index in [1.54, 1.807) is 5.57 Å². The Hall–Kier alpha value is -1.26. The van der Waals surface area contributed by atoms with Crippen LogP contribution in [0.5, 0.6) is 0 Å². The lowest BCUT2D eigenvalue weighted by atomic mass is 9.64. The van der Waals surface area contributed by atoms with Gasteiger partial charge in [0.25, 0.3) is 0 Å². The van der Waals surface area contributed by atoms with Crippen molar-refractivity contribution in [2.75, 3.05) is 6.61 Å². The van der Waals surface area contributed by atoms with Gasteiger partial charge in [0, 0.05) is 12.8 Å². The fourth-order valence-corrected chi connectivity index (χ4v) is 11.1. The van der Waals surface area contributed by atoms with E-state index in [1.165, 1.54) is 18.4 Å². The SMILES string of the molecule is C=C1C(=CC=C2CCC[C@]3(C)C(CC)=CC[C@@H]23)C[C@](OCC(=O)OC(C(C)(C)C)C(C)(C)C)(O[Si](C)(C)C(C)(C)C)CC1O[Si](C)(C)C(C)(C)C. The average Bonchev–Trinajstić information content (AvgIpc) is 3.29. The predicted molar refractivity (Wildman–Crippen MR) is 221 cm³/mol. The highest BCUT2D eigenvalue weighted by atomic mass is 28.4. The lowest BCUT2D eigenvalue weighted by molar-refractivity contribution is -0.220. The molecule has 3 aliphatic rings. The summed E-state index contributed by atoms with van der Waals surface area (Å²) in [7, 11) is -4.63. The average molecular weight is 743 g/mol. The van der Waals surface area contributed by atoms with Crippen molar-refractivity contribution in [2.45, 2.75) is 196 Å². The van der Waals surface area contributed by atoms with Gasteiger partial charge < -0.3 is 18.3 Å². The molecule has 51 heavy (non-hydrogen) atoms. The highest BCUT2D eigenvalue weighted by Crippen LogP contribution is 2.56. The lowest BCUT2D eigenvalue weighted by Gasteiger charge is -2.51. The molecule has 0 amide bonds. The summed E-state index contributed by atoms with van der Waals surface area (Å²) in [5.74, 6) is -0.874. The van der Waals surface area contributed by atoms with Crippen LogP contribution in [0.3, 0.4) is 0 Å². The molecule has 0 saturated heterocycles. The molecule has 3 rings (SSSR count). The smallest absolute Gasteiger partial charge is 0.332 e. The van der Waals surface area contributed by atoms with Crippen LogP contribution in [0.25, 0.3) is 0 Å². The van der Waals surface area contributed by atoms with Crippen LogP contribution in [0, 0.1) is 22.2 Å². The van der Waals surface area contributed by atoms with E-state index in [4.69, 9.17) is 24.9 Å². The molecule has 4 atom stereocenters. The van der Waals surface area contributed by atoms with Crippen molar-refractivity contribution in [1.82, 2.24) is 0 Å². The largest absolute Gasteiger partial charge is 0.460 e. The highest BCUT2D eigenvalue weighted by Gasteiger charge is 2.52. The summed E-state index contributed by atoms with van der Waals surface area (Å²) in [5, 5.41) is -0.0549. The first-order chi connectivity index (χ1) is 22.9. The number of esters is 1. The predicted octanol–water partition coefficient (Wildman–Crippen LogP) is 12.9. The van der Waals surface area contributed by atoms with E-state index in [-0.39, 0.29) is 51.1 Å². The van der Waals surface area contributed by atoms with Gasteiger partial charge in [-0.05, 0) is 102 Å². The molecule has 0 bridgehead atoms. The molecule has 0 aromatic heterocycles. The van der Waals surface area contributed by atoms with Crippen molar-refractivity contribution in [3.63, 3.8) is 0 Å². The number of allylic oxidation sites excluding steroid dienone is 5. The Balaban J connectivity index is 2.12. The number of rotatable bonds is 10. The molecule has 1 unspecified atom stereocenters. The molecule has 2 saturated carbocycles. The normalized spacial score (nSPS) is 28.8.